The monoisotopic (exact) mass is 177 g/mol. The Morgan fingerprint density at radius 2 is 2.46 bits per heavy atom. The first-order valence-electron chi connectivity index (χ1n) is 3.60. The second-order valence-electron chi connectivity index (χ2n) is 2.27. The molecule has 0 saturated carbocycles. The summed E-state index contributed by atoms with van der Waals surface area (Å²) < 4.78 is 4.68. The molecule has 0 aromatic carbocycles. The van der Waals surface area contributed by atoms with Gasteiger partial charge in [-0.2, -0.15) is 5.26 Å². The van der Waals surface area contributed by atoms with Crippen LogP contribution < -0.4 is 0 Å². The second kappa shape index (κ2) is 4.16. The highest BCUT2D eigenvalue weighted by Gasteiger charge is 2.11. The number of ether oxygens (including phenoxy) is 1. The molecule has 0 aliphatic carbocycles. The zero-order valence-electron chi connectivity index (χ0n) is 6.97. The van der Waals surface area contributed by atoms with E-state index in [1.54, 1.807) is 6.07 Å². The maximum atomic E-state index is 11.1. The van der Waals surface area contributed by atoms with Crippen LogP contribution >= 0.6 is 0 Å². The van der Waals surface area contributed by atoms with Crippen molar-refractivity contribution in [3.05, 3.63) is 24.3 Å². The third-order valence-electron chi connectivity index (χ3n) is 1.24. The topological polar surface area (TPSA) is 75.9 Å². The minimum absolute atomic E-state index is 0.101. The molecular weight excluding hydrogens is 170 g/mol. The average molecular weight is 177 g/mol. The van der Waals surface area contributed by atoms with Crippen LogP contribution in [-0.4, -0.2) is 22.0 Å². The van der Waals surface area contributed by atoms with Crippen LogP contribution in [0.15, 0.2) is 18.6 Å². The number of rotatable bonds is 2. The molecule has 66 valence electrons. The molecule has 0 spiro atoms. The quantitative estimate of drug-likeness (QED) is 0.616. The fourth-order valence-electron chi connectivity index (χ4n) is 0.652. The summed E-state index contributed by atoms with van der Waals surface area (Å²) in [6.07, 6.45) is 3.35. The molecule has 1 aromatic heterocycles. The van der Waals surface area contributed by atoms with Gasteiger partial charge in [-0.1, -0.05) is 0 Å². The fourth-order valence-corrected chi connectivity index (χ4v) is 0.652. The van der Waals surface area contributed by atoms with Gasteiger partial charge in [-0.3, -0.25) is 4.98 Å². The van der Waals surface area contributed by atoms with Crippen LogP contribution in [0.4, 0.5) is 0 Å². The highest BCUT2D eigenvalue weighted by Crippen LogP contribution is 1.97. The largest absolute Gasteiger partial charge is 0.442 e. The predicted molar refractivity (Wildman–Crippen MR) is 42.5 cm³/mol. The van der Waals surface area contributed by atoms with Crippen molar-refractivity contribution in [3.63, 3.8) is 0 Å². The van der Waals surface area contributed by atoms with Gasteiger partial charge in [-0.05, 0) is 6.92 Å². The summed E-state index contributed by atoms with van der Waals surface area (Å²) in [6, 6.07) is 1.77. The van der Waals surface area contributed by atoms with Gasteiger partial charge >= 0.3 is 5.97 Å². The minimum Gasteiger partial charge on any atom is -0.442 e. The lowest BCUT2D eigenvalue weighted by Gasteiger charge is -2.03. The van der Waals surface area contributed by atoms with Crippen molar-refractivity contribution in [2.45, 2.75) is 13.0 Å². The van der Waals surface area contributed by atoms with Gasteiger partial charge in [0.25, 0.3) is 0 Å². The van der Waals surface area contributed by atoms with Crippen molar-refractivity contribution in [1.29, 1.82) is 5.26 Å². The maximum Gasteiger partial charge on any atom is 0.359 e. The van der Waals surface area contributed by atoms with E-state index in [0.717, 1.165) is 0 Å². The predicted octanol–water partition coefficient (Wildman–Crippen LogP) is 0.545. The van der Waals surface area contributed by atoms with E-state index >= 15 is 0 Å². The lowest BCUT2D eigenvalue weighted by atomic mass is 10.4. The number of carbonyl (C=O) groups excluding carboxylic acids is 1. The molecule has 0 bridgehead atoms. The Kier molecular flexibility index (Phi) is 2.92. The first-order valence-corrected chi connectivity index (χ1v) is 3.60. The molecule has 1 rings (SSSR count). The number of hydrogen-bond donors (Lipinski definition) is 0. The van der Waals surface area contributed by atoms with Gasteiger partial charge in [0.2, 0.25) is 0 Å². The molecule has 13 heavy (non-hydrogen) atoms. The van der Waals surface area contributed by atoms with Gasteiger partial charge in [0.1, 0.15) is 6.07 Å². The number of nitriles is 1. The molecule has 5 heteroatoms. The van der Waals surface area contributed by atoms with Crippen LogP contribution in [-0.2, 0) is 4.74 Å². The summed E-state index contributed by atoms with van der Waals surface area (Å²) in [4.78, 5) is 18.6. The normalized spacial score (nSPS) is 11.4. The van der Waals surface area contributed by atoms with Crippen LogP contribution in [0, 0.1) is 11.3 Å². The molecule has 1 unspecified atom stereocenters. The molecule has 0 fully saturated rings. The number of aromatic nitrogens is 2. The zero-order chi connectivity index (χ0) is 9.68. The molecule has 5 nitrogen and oxygen atoms in total. The van der Waals surface area contributed by atoms with Gasteiger partial charge in [0, 0.05) is 12.4 Å². The Morgan fingerprint density at radius 3 is 3.00 bits per heavy atom. The van der Waals surface area contributed by atoms with Crippen LogP contribution in [0.3, 0.4) is 0 Å². The third kappa shape index (κ3) is 2.52. The van der Waals surface area contributed by atoms with Crippen LogP contribution in [0.25, 0.3) is 0 Å². The van der Waals surface area contributed by atoms with Gasteiger partial charge in [0.05, 0.1) is 6.20 Å². The molecule has 1 heterocycles. The highest BCUT2D eigenvalue weighted by molar-refractivity contribution is 5.86. The molecule has 0 radical (unpaired) electrons. The van der Waals surface area contributed by atoms with E-state index in [2.05, 4.69) is 14.7 Å². The molecule has 0 aliphatic rings. The second-order valence-corrected chi connectivity index (χ2v) is 2.27. The van der Waals surface area contributed by atoms with Gasteiger partial charge in [-0.15, -0.1) is 0 Å². The summed E-state index contributed by atoms with van der Waals surface area (Å²) in [5.74, 6) is -0.637. The summed E-state index contributed by atoms with van der Waals surface area (Å²) in [5, 5.41) is 8.37. The van der Waals surface area contributed by atoms with Crippen molar-refractivity contribution in [2.24, 2.45) is 0 Å². The first-order chi connectivity index (χ1) is 6.24. The number of hydrogen-bond acceptors (Lipinski definition) is 5. The Hall–Kier alpha value is -1.96. The van der Waals surface area contributed by atoms with E-state index in [0.29, 0.717) is 0 Å². The smallest absolute Gasteiger partial charge is 0.359 e. The minimum atomic E-state index is -0.769. The molecular formula is C8H7N3O2. The van der Waals surface area contributed by atoms with Crippen LogP contribution in [0.1, 0.15) is 17.4 Å². The van der Waals surface area contributed by atoms with Crippen molar-refractivity contribution >= 4 is 5.97 Å². The molecule has 0 saturated heterocycles. The molecule has 0 amide bonds. The van der Waals surface area contributed by atoms with Crippen LogP contribution in [0.5, 0.6) is 0 Å². The Labute approximate surface area is 75.0 Å². The number of esters is 1. The lowest BCUT2D eigenvalue weighted by Crippen LogP contribution is -2.14. The van der Waals surface area contributed by atoms with E-state index in [1.807, 2.05) is 0 Å². The van der Waals surface area contributed by atoms with Crippen molar-refractivity contribution < 1.29 is 9.53 Å². The molecule has 1 aromatic rings. The van der Waals surface area contributed by atoms with Gasteiger partial charge in [0.15, 0.2) is 11.8 Å². The maximum absolute atomic E-state index is 11.1. The summed E-state index contributed by atoms with van der Waals surface area (Å²) in [7, 11) is 0. The first kappa shape index (κ1) is 9.13. The van der Waals surface area contributed by atoms with Crippen molar-refractivity contribution in [3.8, 4) is 6.07 Å². The van der Waals surface area contributed by atoms with Gasteiger partial charge < -0.3 is 4.74 Å². The van der Waals surface area contributed by atoms with E-state index in [1.165, 1.54) is 25.5 Å². The summed E-state index contributed by atoms with van der Waals surface area (Å²) >= 11 is 0. The lowest BCUT2D eigenvalue weighted by molar-refractivity contribution is 0.0428. The number of carbonyl (C=O) groups is 1. The van der Waals surface area contributed by atoms with E-state index in [9.17, 15) is 4.79 Å². The average Bonchev–Trinajstić information content (AvgIpc) is 2.19. The SMILES string of the molecule is CC(C#N)OC(=O)c1cnccn1. The van der Waals surface area contributed by atoms with Crippen molar-refractivity contribution in [1.82, 2.24) is 9.97 Å². The van der Waals surface area contributed by atoms with Gasteiger partial charge in [-0.25, -0.2) is 9.78 Å². The summed E-state index contributed by atoms with van der Waals surface area (Å²) in [5.41, 5.74) is 0.101. The molecule has 0 aliphatic heterocycles. The van der Waals surface area contributed by atoms with E-state index in [-0.39, 0.29) is 5.69 Å². The summed E-state index contributed by atoms with van der Waals surface area (Å²) in [6.45, 7) is 1.48. The number of nitrogens with zero attached hydrogens (tertiary/aromatic N) is 3. The molecule has 1 atom stereocenters. The third-order valence-corrected chi connectivity index (χ3v) is 1.24. The Bertz CT molecular complexity index is 331. The molecule has 0 N–H and O–H groups in total. The van der Waals surface area contributed by atoms with Crippen LogP contribution in [0.2, 0.25) is 0 Å². The fraction of sp³-hybridized carbons (Fsp3) is 0.250. The van der Waals surface area contributed by atoms with Crippen molar-refractivity contribution in [2.75, 3.05) is 0 Å². The van der Waals surface area contributed by atoms with E-state index in [4.69, 9.17) is 5.26 Å². The Balaban J connectivity index is 2.66. The van der Waals surface area contributed by atoms with E-state index < -0.39 is 12.1 Å². The Morgan fingerprint density at radius 1 is 1.69 bits per heavy atom. The standard InChI is InChI=1S/C8H7N3O2/c1-6(4-9)13-8(12)7-5-10-2-3-11-7/h2-3,5-6H,1H3. The zero-order valence-corrected chi connectivity index (χ0v) is 6.97. The highest BCUT2D eigenvalue weighted by atomic mass is 16.5.